The molecule has 0 amide bonds. The summed E-state index contributed by atoms with van der Waals surface area (Å²) in [6, 6.07) is 0. The number of rotatable bonds is 1. The van der Waals surface area contributed by atoms with Gasteiger partial charge in [-0.05, 0) is 0 Å². The molecule has 0 radical (unpaired) electrons. The van der Waals surface area contributed by atoms with E-state index in [0.717, 1.165) is 0 Å². The summed E-state index contributed by atoms with van der Waals surface area (Å²) < 4.78 is 2.19. The molecule has 0 saturated carbocycles. The standard InChI is InChI=1S/C12H22.V/c1-9(11(3,4)5)10(2)12(6,7)8;/h1H,2-8H3;. The molecule has 0 fully saturated rings. The third-order valence-corrected chi connectivity index (χ3v) is 2.87. The van der Waals surface area contributed by atoms with Crippen molar-refractivity contribution in [3.63, 3.8) is 0 Å². The number of allylic oxidation sites excluding steroid dienone is 2. The van der Waals surface area contributed by atoms with Crippen molar-refractivity contribution in [1.29, 1.82) is 0 Å². The molecule has 0 N–H and O–H groups in total. The zero-order chi connectivity index (χ0) is 10.9. The van der Waals surface area contributed by atoms with Crippen LogP contribution in [0.3, 0.4) is 0 Å². The molecule has 0 spiro atoms. The van der Waals surface area contributed by atoms with Gasteiger partial charge >= 0.3 is 92.2 Å². The molecule has 0 nitrogen and oxygen atoms in total. The summed E-state index contributed by atoms with van der Waals surface area (Å²) in [5.74, 6) is 0. The van der Waals surface area contributed by atoms with Crippen LogP contribution in [0.5, 0.6) is 0 Å². The van der Waals surface area contributed by atoms with Gasteiger partial charge in [-0.25, -0.2) is 0 Å². The van der Waals surface area contributed by atoms with Crippen LogP contribution in [0.15, 0.2) is 11.1 Å². The predicted molar refractivity (Wildman–Crippen MR) is 57.7 cm³/mol. The zero-order valence-electron chi connectivity index (χ0n) is 10.0. The third kappa shape index (κ3) is 3.83. The van der Waals surface area contributed by atoms with Gasteiger partial charge in [-0.3, -0.25) is 0 Å². The van der Waals surface area contributed by atoms with E-state index in [0.29, 0.717) is 0 Å². The maximum atomic E-state index is 2.58. The molecule has 0 unspecified atom stereocenters. The molecule has 0 atom stereocenters. The number of hydrogen-bond acceptors (Lipinski definition) is 0. The SMILES string of the molecule is CC(=C([CH]=[V])C(C)(C)C)C(C)(C)C. The van der Waals surface area contributed by atoms with Gasteiger partial charge in [-0.1, -0.05) is 0 Å². The zero-order valence-corrected chi connectivity index (χ0v) is 11.4. The molecule has 75 valence electrons. The fourth-order valence-corrected chi connectivity index (χ4v) is 2.16. The average Bonchev–Trinajstić information content (AvgIpc) is 1.83. The second-order valence-corrected chi connectivity index (χ2v) is 6.07. The molecular weight excluding hydrogens is 195 g/mol. The van der Waals surface area contributed by atoms with Crippen LogP contribution in [0.1, 0.15) is 48.5 Å². The summed E-state index contributed by atoms with van der Waals surface area (Å²) in [7, 11) is 0. The van der Waals surface area contributed by atoms with Crippen LogP contribution in [0, 0.1) is 10.8 Å². The first-order chi connectivity index (χ1) is 5.60. The first kappa shape index (κ1) is 13.2. The van der Waals surface area contributed by atoms with Crippen molar-refractivity contribution in [2.75, 3.05) is 0 Å². The predicted octanol–water partition coefficient (Wildman–Crippen LogP) is 3.74. The summed E-state index contributed by atoms with van der Waals surface area (Å²) in [4.78, 5) is 0. The van der Waals surface area contributed by atoms with Crippen LogP contribution in [0.2, 0.25) is 0 Å². The van der Waals surface area contributed by atoms with Gasteiger partial charge < -0.3 is 0 Å². The monoisotopic (exact) mass is 217 g/mol. The Balaban J connectivity index is 5.28. The van der Waals surface area contributed by atoms with Crippen LogP contribution in [0.4, 0.5) is 0 Å². The summed E-state index contributed by atoms with van der Waals surface area (Å²) in [6.07, 6.45) is 0. The molecule has 0 rings (SSSR count). The van der Waals surface area contributed by atoms with Crippen molar-refractivity contribution < 1.29 is 17.0 Å². The molecule has 13 heavy (non-hydrogen) atoms. The van der Waals surface area contributed by atoms with Gasteiger partial charge in [0.15, 0.2) is 0 Å². The normalized spacial score (nSPS) is 15.2. The van der Waals surface area contributed by atoms with E-state index in [4.69, 9.17) is 0 Å². The Labute approximate surface area is 92.3 Å². The average molecular weight is 217 g/mol. The van der Waals surface area contributed by atoms with Crippen molar-refractivity contribution in [2.45, 2.75) is 48.5 Å². The van der Waals surface area contributed by atoms with Crippen molar-refractivity contribution >= 4 is 4.73 Å². The van der Waals surface area contributed by atoms with Gasteiger partial charge in [0.25, 0.3) is 0 Å². The molecule has 0 aromatic carbocycles. The molecule has 0 aromatic heterocycles. The molecule has 0 bridgehead atoms. The molecule has 0 aliphatic carbocycles. The first-order valence-corrected chi connectivity index (χ1v) is 5.60. The Morgan fingerprint density at radius 1 is 0.923 bits per heavy atom. The Hall–Kier alpha value is 0.194. The van der Waals surface area contributed by atoms with E-state index in [9.17, 15) is 0 Å². The topological polar surface area (TPSA) is 0 Å². The molecule has 0 heterocycles. The van der Waals surface area contributed by atoms with Crippen molar-refractivity contribution in [3.8, 4) is 0 Å². The van der Waals surface area contributed by atoms with Crippen molar-refractivity contribution in [3.05, 3.63) is 11.1 Å². The quantitative estimate of drug-likeness (QED) is 0.627. The van der Waals surface area contributed by atoms with Crippen molar-refractivity contribution in [2.24, 2.45) is 10.8 Å². The van der Waals surface area contributed by atoms with Crippen LogP contribution < -0.4 is 0 Å². The molecule has 1 heteroatoms. The summed E-state index contributed by atoms with van der Waals surface area (Å²) in [6.45, 7) is 15.8. The fourth-order valence-electron chi connectivity index (χ4n) is 1.26. The van der Waals surface area contributed by atoms with Gasteiger partial charge in [0.1, 0.15) is 0 Å². The van der Waals surface area contributed by atoms with E-state index < -0.39 is 0 Å². The summed E-state index contributed by atoms with van der Waals surface area (Å²) >= 11 is 2.58. The second kappa shape index (κ2) is 4.15. The van der Waals surface area contributed by atoms with E-state index in [-0.39, 0.29) is 10.8 Å². The van der Waals surface area contributed by atoms with Gasteiger partial charge in [0.05, 0.1) is 0 Å². The first-order valence-electron chi connectivity index (χ1n) is 4.80. The van der Waals surface area contributed by atoms with E-state index in [1.807, 2.05) is 0 Å². The second-order valence-electron chi connectivity index (χ2n) is 5.67. The maximum absolute atomic E-state index is 2.58. The van der Waals surface area contributed by atoms with Crippen LogP contribution in [-0.2, 0) is 17.0 Å². The fraction of sp³-hybridized carbons (Fsp3) is 0.750. The Morgan fingerprint density at radius 2 is 1.31 bits per heavy atom. The molecule has 0 aliphatic heterocycles. The molecular formula is C12H22V. The minimum atomic E-state index is 0.254. The van der Waals surface area contributed by atoms with Crippen LogP contribution in [-0.4, -0.2) is 4.73 Å². The van der Waals surface area contributed by atoms with E-state index in [2.05, 4.69) is 70.2 Å². The minimum absolute atomic E-state index is 0.254. The Bertz CT molecular complexity index is 220. The van der Waals surface area contributed by atoms with Crippen LogP contribution >= 0.6 is 0 Å². The molecule has 0 aliphatic rings. The van der Waals surface area contributed by atoms with Crippen molar-refractivity contribution in [1.82, 2.24) is 0 Å². The third-order valence-electron chi connectivity index (χ3n) is 2.47. The van der Waals surface area contributed by atoms with Gasteiger partial charge in [0.2, 0.25) is 0 Å². The molecule has 0 saturated heterocycles. The summed E-state index contributed by atoms with van der Waals surface area (Å²) in [5.41, 5.74) is 3.48. The van der Waals surface area contributed by atoms with E-state index >= 15 is 0 Å². The van der Waals surface area contributed by atoms with Gasteiger partial charge in [-0.2, -0.15) is 0 Å². The van der Waals surface area contributed by atoms with E-state index in [1.165, 1.54) is 11.1 Å². The van der Waals surface area contributed by atoms with E-state index in [1.54, 1.807) is 0 Å². The Kier molecular flexibility index (Phi) is 4.21. The van der Waals surface area contributed by atoms with Crippen LogP contribution in [0.25, 0.3) is 0 Å². The number of hydrogen-bond donors (Lipinski definition) is 0. The van der Waals surface area contributed by atoms with Gasteiger partial charge in [-0.15, -0.1) is 0 Å². The van der Waals surface area contributed by atoms with Gasteiger partial charge in [0, 0.05) is 0 Å². The Morgan fingerprint density at radius 3 is 1.38 bits per heavy atom. The molecule has 0 aromatic rings. The summed E-state index contributed by atoms with van der Waals surface area (Å²) in [5, 5.41) is 0.